The highest BCUT2D eigenvalue weighted by atomic mass is 16.6. The van der Waals surface area contributed by atoms with Crippen LogP contribution in [-0.2, 0) is 4.74 Å². The van der Waals surface area contributed by atoms with Crippen molar-refractivity contribution >= 4 is 6.09 Å². The smallest absolute Gasteiger partial charge is 0.410 e. The summed E-state index contributed by atoms with van der Waals surface area (Å²) in [6.45, 7) is 9.18. The number of carbonyl (C=O) groups excluding carboxylic acids is 1. The fraction of sp³-hybridized carbons (Fsp3) is 0.818. The molecule has 0 aromatic carbocycles. The third kappa shape index (κ3) is 3.30. The zero-order valence-corrected chi connectivity index (χ0v) is 10.4. The Labute approximate surface area is 96.6 Å². The Bertz CT molecular complexity index is 303. The maximum absolute atomic E-state index is 11.8. The zero-order valence-electron chi connectivity index (χ0n) is 10.4. The van der Waals surface area contributed by atoms with E-state index in [1.807, 2.05) is 27.7 Å². The van der Waals surface area contributed by atoms with Crippen LogP contribution in [0.3, 0.4) is 0 Å². The Morgan fingerprint density at radius 2 is 2.06 bits per heavy atom. The van der Waals surface area contributed by atoms with Gasteiger partial charge in [0, 0.05) is 19.6 Å². The average molecular weight is 225 g/mol. The summed E-state index contributed by atoms with van der Waals surface area (Å²) >= 11 is 0. The number of hydrogen-bond donors (Lipinski definition) is 0. The molecule has 1 fully saturated rings. The van der Waals surface area contributed by atoms with Crippen molar-refractivity contribution in [3.05, 3.63) is 0 Å². The minimum Gasteiger partial charge on any atom is -0.444 e. The molecule has 1 unspecified atom stereocenters. The molecule has 0 saturated carbocycles. The summed E-state index contributed by atoms with van der Waals surface area (Å²) in [7, 11) is 0. The van der Waals surface area contributed by atoms with Gasteiger partial charge in [0.05, 0.1) is 6.04 Å². The van der Waals surface area contributed by atoms with Crippen molar-refractivity contribution in [3.8, 4) is 6.19 Å². The topological polar surface area (TPSA) is 56.6 Å². The minimum absolute atomic E-state index is 0.0169. The van der Waals surface area contributed by atoms with Crippen molar-refractivity contribution in [3.63, 3.8) is 0 Å². The van der Waals surface area contributed by atoms with E-state index in [1.165, 1.54) is 0 Å². The van der Waals surface area contributed by atoms with Crippen LogP contribution in [0.15, 0.2) is 0 Å². The highest BCUT2D eigenvalue weighted by Gasteiger charge is 2.30. The second-order valence-electron chi connectivity index (χ2n) is 5.07. The Morgan fingerprint density at radius 1 is 1.44 bits per heavy atom. The second-order valence-corrected chi connectivity index (χ2v) is 5.07. The van der Waals surface area contributed by atoms with E-state index in [4.69, 9.17) is 10.00 Å². The quantitative estimate of drug-likeness (QED) is 0.585. The van der Waals surface area contributed by atoms with E-state index in [1.54, 1.807) is 9.80 Å². The van der Waals surface area contributed by atoms with Gasteiger partial charge in [-0.1, -0.05) is 0 Å². The molecule has 1 heterocycles. The van der Waals surface area contributed by atoms with E-state index in [0.29, 0.717) is 19.6 Å². The van der Waals surface area contributed by atoms with Gasteiger partial charge in [0.25, 0.3) is 0 Å². The number of nitrogens with zero attached hydrogens (tertiary/aromatic N) is 3. The maximum atomic E-state index is 11.8. The summed E-state index contributed by atoms with van der Waals surface area (Å²) in [6.07, 6.45) is 1.80. The van der Waals surface area contributed by atoms with Crippen molar-refractivity contribution in [2.45, 2.75) is 39.3 Å². The third-order valence-electron chi connectivity index (χ3n) is 2.40. The first-order valence-corrected chi connectivity index (χ1v) is 5.48. The highest BCUT2D eigenvalue weighted by molar-refractivity contribution is 5.68. The highest BCUT2D eigenvalue weighted by Crippen LogP contribution is 2.14. The van der Waals surface area contributed by atoms with Crippen LogP contribution in [0.4, 0.5) is 4.79 Å². The van der Waals surface area contributed by atoms with Gasteiger partial charge in [-0.25, -0.2) is 4.79 Å². The lowest BCUT2D eigenvalue weighted by Gasteiger charge is -2.38. The van der Waals surface area contributed by atoms with Crippen molar-refractivity contribution in [1.82, 2.24) is 9.80 Å². The maximum Gasteiger partial charge on any atom is 0.410 e. The van der Waals surface area contributed by atoms with E-state index in [9.17, 15) is 4.79 Å². The van der Waals surface area contributed by atoms with Crippen LogP contribution in [0.2, 0.25) is 0 Å². The van der Waals surface area contributed by atoms with E-state index in [2.05, 4.69) is 6.19 Å². The molecule has 16 heavy (non-hydrogen) atoms. The normalized spacial score (nSPS) is 21.6. The molecule has 1 amide bonds. The van der Waals surface area contributed by atoms with Crippen LogP contribution in [0.5, 0.6) is 0 Å². The van der Waals surface area contributed by atoms with Crippen LogP contribution >= 0.6 is 0 Å². The second kappa shape index (κ2) is 4.60. The van der Waals surface area contributed by atoms with Gasteiger partial charge in [-0.15, -0.1) is 0 Å². The predicted octanol–water partition coefficient (Wildman–Crippen LogP) is 1.41. The predicted molar refractivity (Wildman–Crippen MR) is 59.6 cm³/mol. The molecule has 0 aromatic heterocycles. The van der Waals surface area contributed by atoms with E-state index in [0.717, 1.165) is 0 Å². The SMILES string of the molecule is CC1CN(C#N)CCN1C(=O)OC(C)(C)C. The molecule has 0 bridgehead atoms. The molecular weight excluding hydrogens is 206 g/mol. The Hall–Kier alpha value is -1.44. The first kappa shape index (κ1) is 12.6. The van der Waals surface area contributed by atoms with Gasteiger partial charge in [0.2, 0.25) is 0 Å². The lowest BCUT2D eigenvalue weighted by Crippen LogP contribution is -2.53. The third-order valence-corrected chi connectivity index (χ3v) is 2.40. The molecular formula is C11H19N3O2. The molecule has 0 aliphatic carbocycles. The summed E-state index contributed by atoms with van der Waals surface area (Å²) in [5, 5.41) is 8.76. The van der Waals surface area contributed by atoms with Crippen molar-refractivity contribution < 1.29 is 9.53 Å². The molecule has 0 radical (unpaired) electrons. The molecule has 0 aromatic rings. The number of nitriles is 1. The monoisotopic (exact) mass is 225 g/mol. The number of amides is 1. The van der Waals surface area contributed by atoms with Gasteiger partial charge in [0.15, 0.2) is 6.19 Å². The van der Waals surface area contributed by atoms with Crippen LogP contribution in [0.25, 0.3) is 0 Å². The van der Waals surface area contributed by atoms with Crippen molar-refractivity contribution in [2.24, 2.45) is 0 Å². The van der Waals surface area contributed by atoms with Gasteiger partial charge in [-0.05, 0) is 27.7 Å². The van der Waals surface area contributed by atoms with Crippen molar-refractivity contribution in [1.29, 1.82) is 5.26 Å². The number of ether oxygens (including phenoxy) is 1. The summed E-state index contributed by atoms with van der Waals surface area (Å²) in [6, 6.07) is 0.0169. The van der Waals surface area contributed by atoms with Gasteiger partial charge in [-0.3, -0.25) is 0 Å². The molecule has 1 aliphatic heterocycles. The Morgan fingerprint density at radius 3 is 2.50 bits per heavy atom. The summed E-state index contributed by atoms with van der Waals surface area (Å²) < 4.78 is 5.30. The van der Waals surface area contributed by atoms with Gasteiger partial charge >= 0.3 is 6.09 Å². The van der Waals surface area contributed by atoms with Crippen LogP contribution in [-0.4, -0.2) is 47.2 Å². The van der Waals surface area contributed by atoms with Crippen molar-refractivity contribution in [2.75, 3.05) is 19.6 Å². The minimum atomic E-state index is -0.469. The van der Waals surface area contributed by atoms with Crippen LogP contribution < -0.4 is 0 Å². The molecule has 1 aliphatic rings. The first-order chi connectivity index (χ1) is 7.33. The molecule has 1 rings (SSSR count). The number of hydrogen-bond acceptors (Lipinski definition) is 4. The molecule has 0 spiro atoms. The first-order valence-electron chi connectivity index (χ1n) is 5.48. The van der Waals surface area contributed by atoms with E-state index < -0.39 is 5.60 Å². The Balaban J connectivity index is 2.56. The summed E-state index contributed by atoms with van der Waals surface area (Å²) in [5.41, 5.74) is -0.469. The van der Waals surface area contributed by atoms with Gasteiger partial charge in [-0.2, -0.15) is 5.26 Å². The fourth-order valence-electron chi connectivity index (χ4n) is 1.64. The van der Waals surface area contributed by atoms with Gasteiger partial charge in [0.1, 0.15) is 5.60 Å². The molecule has 1 atom stereocenters. The molecule has 1 saturated heterocycles. The molecule has 90 valence electrons. The lowest BCUT2D eigenvalue weighted by atomic mass is 10.2. The van der Waals surface area contributed by atoms with Crippen LogP contribution in [0, 0.1) is 11.5 Å². The summed E-state index contributed by atoms with van der Waals surface area (Å²) in [4.78, 5) is 15.2. The summed E-state index contributed by atoms with van der Waals surface area (Å²) in [5.74, 6) is 0. The van der Waals surface area contributed by atoms with Gasteiger partial charge < -0.3 is 14.5 Å². The molecule has 5 nitrogen and oxygen atoms in total. The number of rotatable bonds is 0. The van der Waals surface area contributed by atoms with E-state index in [-0.39, 0.29) is 12.1 Å². The number of carbonyl (C=O) groups is 1. The molecule has 5 heteroatoms. The Kier molecular flexibility index (Phi) is 3.63. The standard InChI is InChI=1S/C11H19N3O2/c1-9-7-13(8-12)5-6-14(9)10(15)16-11(2,3)4/h9H,5-7H2,1-4H3. The van der Waals surface area contributed by atoms with E-state index >= 15 is 0 Å². The number of piperazine rings is 1. The lowest BCUT2D eigenvalue weighted by molar-refractivity contribution is 0.00678. The zero-order chi connectivity index (χ0) is 12.3. The fourth-order valence-corrected chi connectivity index (χ4v) is 1.64. The van der Waals surface area contributed by atoms with Crippen LogP contribution in [0.1, 0.15) is 27.7 Å². The average Bonchev–Trinajstić information content (AvgIpc) is 2.14. The molecule has 0 N–H and O–H groups in total. The largest absolute Gasteiger partial charge is 0.444 e.